The molecule has 3 amide bonds. The van der Waals surface area contributed by atoms with E-state index in [1.807, 2.05) is 0 Å². The van der Waals surface area contributed by atoms with Gasteiger partial charge in [-0.05, 0) is 65.7 Å². The van der Waals surface area contributed by atoms with E-state index in [-0.39, 0.29) is 11.7 Å². The average molecular weight is 480 g/mol. The first-order valence-corrected chi connectivity index (χ1v) is 11.7. The number of phenols is 1. The Morgan fingerprint density at radius 1 is 1.03 bits per heavy atom. The van der Waals surface area contributed by atoms with Crippen molar-refractivity contribution in [3.05, 3.63) is 29.8 Å². The van der Waals surface area contributed by atoms with Gasteiger partial charge in [0, 0.05) is 12.1 Å². The van der Waals surface area contributed by atoms with E-state index < -0.39 is 41.8 Å². The normalized spacial score (nSPS) is 13.5. The summed E-state index contributed by atoms with van der Waals surface area (Å²) < 4.78 is 5.23. The van der Waals surface area contributed by atoms with Crippen LogP contribution in [0.5, 0.6) is 5.75 Å². The molecule has 0 spiro atoms. The number of hydrogen-bond acceptors (Lipinski definition) is 6. The summed E-state index contributed by atoms with van der Waals surface area (Å²) in [4.78, 5) is 40.7. The number of aromatic hydroxyl groups is 1. The number of amides is 3. The van der Waals surface area contributed by atoms with Crippen molar-refractivity contribution in [3.63, 3.8) is 0 Å². The largest absolute Gasteiger partial charge is 0.508 e. The SMILES string of the molecule is CCCCCNC(=O)C(c1ccc(O)cc1)N(C(=O)C(CO)NC(=O)OC(C)(C)C)C(C)(C)C. The van der Waals surface area contributed by atoms with E-state index in [0.29, 0.717) is 12.1 Å². The van der Waals surface area contributed by atoms with Crippen LogP contribution < -0.4 is 10.6 Å². The minimum Gasteiger partial charge on any atom is -0.508 e. The van der Waals surface area contributed by atoms with Gasteiger partial charge in [-0.25, -0.2) is 4.79 Å². The van der Waals surface area contributed by atoms with Gasteiger partial charge in [0.1, 0.15) is 23.4 Å². The highest BCUT2D eigenvalue weighted by atomic mass is 16.6. The highest BCUT2D eigenvalue weighted by Gasteiger charge is 2.41. The van der Waals surface area contributed by atoms with E-state index >= 15 is 0 Å². The third-order valence-corrected chi connectivity index (χ3v) is 4.93. The molecule has 0 aromatic heterocycles. The van der Waals surface area contributed by atoms with E-state index in [1.165, 1.54) is 17.0 Å². The second kappa shape index (κ2) is 12.6. The van der Waals surface area contributed by atoms with Crippen LogP contribution >= 0.6 is 0 Å². The molecule has 9 nitrogen and oxygen atoms in total. The molecule has 0 aliphatic carbocycles. The lowest BCUT2D eigenvalue weighted by Crippen LogP contribution is -2.59. The number of aliphatic hydroxyl groups is 1. The predicted octanol–water partition coefficient (Wildman–Crippen LogP) is 3.25. The Hall–Kier alpha value is -2.81. The summed E-state index contributed by atoms with van der Waals surface area (Å²) in [7, 11) is 0. The highest BCUT2D eigenvalue weighted by molar-refractivity contribution is 5.92. The molecule has 1 aromatic carbocycles. The monoisotopic (exact) mass is 479 g/mol. The summed E-state index contributed by atoms with van der Waals surface area (Å²) in [6, 6.07) is 3.67. The maximum absolute atomic E-state index is 13.7. The molecular weight excluding hydrogens is 438 g/mol. The molecule has 192 valence electrons. The maximum Gasteiger partial charge on any atom is 0.408 e. The molecule has 0 saturated carbocycles. The molecule has 0 saturated heterocycles. The summed E-state index contributed by atoms with van der Waals surface area (Å²) in [5.74, 6) is -0.999. The summed E-state index contributed by atoms with van der Waals surface area (Å²) >= 11 is 0. The zero-order valence-electron chi connectivity index (χ0n) is 21.5. The first kappa shape index (κ1) is 29.2. The molecule has 9 heteroatoms. The third-order valence-electron chi connectivity index (χ3n) is 4.93. The molecule has 4 N–H and O–H groups in total. The van der Waals surface area contributed by atoms with Crippen LogP contribution in [0.25, 0.3) is 0 Å². The van der Waals surface area contributed by atoms with Crippen molar-refractivity contribution < 1.29 is 29.3 Å². The van der Waals surface area contributed by atoms with Crippen molar-refractivity contribution in [3.8, 4) is 5.75 Å². The smallest absolute Gasteiger partial charge is 0.408 e. The fourth-order valence-electron chi connectivity index (χ4n) is 3.41. The van der Waals surface area contributed by atoms with Gasteiger partial charge < -0.3 is 30.5 Å². The maximum atomic E-state index is 13.7. The number of carbonyl (C=O) groups excluding carboxylic acids is 3. The first-order chi connectivity index (χ1) is 15.7. The molecule has 34 heavy (non-hydrogen) atoms. The number of alkyl carbamates (subject to hydrolysis) is 1. The number of benzene rings is 1. The van der Waals surface area contributed by atoms with Crippen molar-refractivity contribution in [2.45, 2.75) is 91.0 Å². The lowest BCUT2D eigenvalue weighted by Gasteiger charge is -2.42. The fraction of sp³-hybridized carbons (Fsp3) is 0.640. The standard InChI is InChI=1S/C25H41N3O6/c1-8-9-10-15-26-21(31)20(17-11-13-18(30)14-12-17)28(24(2,3)4)22(32)19(16-29)27-23(33)34-25(5,6)7/h11-14,19-20,29-30H,8-10,15-16H2,1-7H3,(H,26,31)(H,27,33). The van der Waals surface area contributed by atoms with Crippen LogP contribution in [0.3, 0.4) is 0 Å². The van der Waals surface area contributed by atoms with Crippen molar-refractivity contribution >= 4 is 17.9 Å². The van der Waals surface area contributed by atoms with E-state index in [0.717, 1.165) is 19.3 Å². The van der Waals surface area contributed by atoms with Gasteiger partial charge in [-0.15, -0.1) is 0 Å². The minimum absolute atomic E-state index is 0.0271. The number of hydrogen-bond donors (Lipinski definition) is 4. The van der Waals surface area contributed by atoms with Crippen LogP contribution in [0.4, 0.5) is 4.79 Å². The third kappa shape index (κ3) is 9.21. The number of rotatable bonds is 10. The summed E-state index contributed by atoms with van der Waals surface area (Å²) in [5.41, 5.74) is -1.16. The van der Waals surface area contributed by atoms with Gasteiger partial charge in [0.25, 0.3) is 0 Å². The number of carbonyl (C=O) groups is 3. The van der Waals surface area contributed by atoms with Crippen LogP contribution in [-0.2, 0) is 14.3 Å². The summed E-state index contributed by atoms with van der Waals surface area (Å²) in [6.45, 7) is 12.2. The molecule has 1 aromatic rings. The Kier molecular flexibility index (Phi) is 10.8. The predicted molar refractivity (Wildman–Crippen MR) is 130 cm³/mol. The van der Waals surface area contributed by atoms with Crippen molar-refractivity contribution in [2.24, 2.45) is 0 Å². The summed E-state index contributed by atoms with van der Waals surface area (Å²) in [5, 5.41) is 25.0. The van der Waals surface area contributed by atoms with Crippen molar-refractivity contribution in [1.29, 1.82) is 0 Å². The zero-order valence-corrected chi connectivity index (χ0v) is 21.5. The van der Waals surface area contributed by atoms with Crippen molar-refractivity contribution in [2.75, 3.05) is 13.2 Å². The molecule has 0 aliphatic heterocycles. The Morgan fingerprint density at radius 2 is 1.62 bits per heavy atom. The Morgan fingerprint density at radius 3 is 2.09 bits per heavy atom. The fourth-order valence-corrected chi connectivity index (χ4v) is 3.41. The summed E-state index contributed by atoms with van der Waals surface area (Å²) in [6.07, 6.45) is 1.91. The molecule has 0 bridgehead atoms. The van der Waals surface area contributed by atoms with E-state index in [2.05, 4.69) is 17.6 Å². The molecule has 1 rings (SSSR count). The van der Waals surface area contributed by atoms with Crippen LogP contribution in [0.2, 0.25) is 0 Å². The number of aliphatic hydroxyl groups excluding tert-OH is 1. The number of nitrogens with one attached hydrogen (secondary N) is 2. The molecule has 2 atom stereocenters. The van der Waals surface area contributed by atoms with Gasteiger partial charge in [-0.3, -0.25) is 9.59 Å². The first-order valence-electron chi connectivity index (χ1n) is 11.7. The lowest BCUT2D eigenvalue weighted by molar-refractivity contribution is -0.149. The molecule has 2 unspecified atom stereocenters. The van der Waals surface area contributed by atoms with Crippen LogP contribution in [-0.4, -0.2) is 63.4 Å². The van der Waals surface area contributed by atoms with Gasteiger partial charge in [-0.1, -0.05) is 31.9 Å². The number of unbranched alkanes of at least 4 members (excludes halogenated alkanes) is 2. The highest BCUT2D eigenvalue weighted by Crippen LogP contribution is 2.31. The van der Waals surface area contributed by atoms with Gasteiger partial charge in [0.15, 0.2) is 0 Å². The van der Waals surface area contributed by atoms with Gasteiger partial charge >= 0.3 is 6.09 Å². The molecular formula is C25H41N3O6. The molecule has 0 radical (unpaired) electrons. The number of ether oxygens (including phenoxy) is 1. The van der Waals surface area contributed by atoms with Crippen molar-refractivity contribution in [1.82, 2.24) is 15.5 Å². The zero-order chi connectivity index (χ0) is 26.1. The Balaban J connectivity index is 3.36. The molecule has 0 heterocycles. The van der Waals surface area contributed by atoms with Crippen LogP contribution in [0.15, 0.2) is 24.3 Å². The van der Waals surface area contributed by atoms with Crippen LogP contribution in [0.1, 0.15) is 79.3 Å². The lowest BCUT2D eigenvalue weighted by atomic mass is 9.95. The second-order valence-electron chi connectivity index (χ2n) is 10.3. The quantitative estimate of drug-likeness (QED) is 0.381. The second-order valence-corrected chi connectivity index (χ2v) is 10.3. The van der Waals surface area contributed by atoms with Gasteiger partial charge in [-0.2, -0.15) is 0 Å². The van der Waals surface area contributed by atoms with E-state index in [4.69, 9.17) is 4.74 Å². The minimum atomic E-state index is -1.32. The van der Waals surface area contributed by atoms with Gasteiger partial charge in [0.2, 0.25) is 11.8 Å². The van der Waals surface area contributed by atoms with Crippen LogP contribution in [0, 0.1) is 0 Å². The Labute approximate surface area is 202 Å². The molecule has 0 fully saturated rings. The number of nitrogens with zero attached hydrogens (tertiary/aromatic N) is 1. The van der Waals surface area contributed by atoms with E-state index in [9.17, 15) is 24.6 Å². The van der Waals surface area contributed by atoms with Gasteiger partial charge in [0.05, 0.1) is 6.61 Å². The number of phenolic OH excluding ortho intramolecular Hbond substituents is 1. The average Bonchev–Trinajstić information content (AvgIpc) is 2.71. The Bertz CT molecular complexity index is 811. The topological polar surface area (TPSA) is 128 Å². The molecule has 0 aliphatic rings. The van der Waals surface area contributed by atoms with E-state index in [1.54, 1.807) is 53.7 Å².